The zero-order valence-corrected chi connectivity index (χ0v) is 5.17. The maximum Gasteiger partial charge on any atom is -0.00839 e. The maximum atomic E-state index is 2.27. The summed E-state index contributed by atoms with van der Waals surface area (Å²) in [7, 11) is 0. The van der Waals surface area contributed by atoms with Gasteiger partial charge in [0.2, 0.25) is 0 Å². The molecule has 0 amide bonds. The van der Waals surface area contributed by atoms with E-state index in [4.69, 9.17) is 0 Å². The fourth-order valence-corrected chi connectivity index (χ4v) is 1.97. The molecule has 0 aromatic heterocycles. The highest BCUT2D eigenvalue weighted by Crippen LogP contribution is 2.65. The Morgan fingerprint density at radius 3 is 2.11 bits per heavy atom. The summed E-state index contributed by atoms with van der Waals surface area (Å²) in [6.07, 6.45) is 1.44. The average Bonchev–Trinajstić information content (AvgIpc) is 2.58. The molecule has 44 valence electrons. The van der Waals surface area contributed by atoms with Gasteiger partial charge in [-0.3, -0.25) is 0 Å². The molecule has 1 saturated carbocycles. The largest absolute Gasteiger partial charge is 0.0620 e. The summed E-state index contributed by atoms with van der Waals surface area (Å²) in [4.78, 5) is 0. The first-order valence-electron chi connectivity index (χ1n) is 3.55. The average molecular weight is 116 g/mol. The van der Waals surface area contributed by atoms with E-state index >= 15 is 0 Å². The molecule has 3 rings (SSSR count). The molecule has 1 fully saturated rings. The standard InChI is InChI=1S/C9H8/c1-2-4-7-6(3-1)8-5-9(7)8/h1-4,8-9H,5H2. The van der Waals surface area contributed by atoms with E-state index in [1.54, 1.807) is 11.1 Å². The zero-order chi connectivity index (χ0) is 5.84. The predicted octanol–water partition coefficient (Wildman–Crippen LogP) is 2.27. The second-order valence-corrected chi connectivity index (χ2v) is 3.08. The van der Waals surface area contributed by atoms with Crippen molar-refractivity contribution >= 4 is 0 Å². The first-order valence-corrected chi connectivity index (χ1v) is 3.55. The molecule has 2 aliphatic carbocycles. The van der Waals surface area contributed by atoms with Gasteiger partial charge in [-0.05, 0) is 29.4 Å². The molecule has 2 aliphatic rings. The quantitative estimate of drug-likeness (QED) is 0.487. The molecular formula is C9H8. The second kappa shape index (κ2) is 1.06. The van der Waals surface area contributed by atoms with Crippen molar-refractivity contribution in [3.63, 3.8) is 0 Å². The first-order chi connectivity index (χ1) is 4.47. The van der Waals surface area contributed by atoms with Gasteiger partial charge < -0.3 is 0 Å². The van der Waals surface area contributed by atoms with Crippen molar-refractivity contribution < 1.29 is 0 Å². The third-order valence-corrected chi connectivity index (χ3v) is 2.59. The van der Waals surface area contributed by atoms with Crippen molar-refractivity contribution in [2.45, 2.75) is 18.3 Å². The molecule has 0 nitrogen and oxygen atoms in total. The van der Waals surface area contributed by atoms with Crippen LogP contribution in [0.3, 0.4) is 0 Å². The molecule has 2 atom stereocenters. The van der Waals surface area contributed by atoms with E-state index in [0.717, 1.165) is 11.8 Å². The van der Waals surface area contributed by atoms with Gasteiger partial charge in [-0.15, -0.1) is 0 Å². The van der Waals surface area contributed by atoms with Crippen molar-refractivity contribution in [2.24, 2.45) is 0 Å². The van der Waals surface area contributed by atoms with Gasteiger partial charge in [0.05, 0.1) is 0 Å². The summed E-state index contributed by atoms with van der Waals surface area (Å²) < 4.78 is 0. The third kappa shape index (κ3) is 0.335. The molecule has 0 aliphatic heterocycles. The van der Waals surface area contributed by atoms with Crippen LogP contribution in [-0.2, 0) is 0 Å². The van der Waals surface area contributed by atoms with Gasteiger partial charge in [-0.1, -0.05) is 24.3 Å². The molecule has 0 spiro atoms. The Hall–Kier alpha value is -0.780. The number of hydrogen-bond donors (Lipinski definition) is 0. The normalized spacial score (nSPS) is 34.2. The number of hydrogen-bond acceptors (Lipinski definition) is 0. The third-order valence-electron chi connectivity index (χ3n) is 2.59. The van der Waals surface area contributed by atoms with Crippen LogP contribution in [0.4, 0.5) is 0 Å². The highest BCUT2D eigenvalue weighted by molar-refractivity contribution is 5.52. The molecule has 0 radical (unpaired) electrons. The Balaban J connectivity index is 2.31. The molecule has 1 aromatic rings. The summed E-state index contributed by atoms with van der Waals surface area (Å²) in [5.41, 5.74) is 3.25. The van der Waals surface area contributed by atoms with E-state index < -0.39 is 0 Å². The monoisotopic (exact) mass is 116 g/mol. The number of rotatable bonds is 0. The van der Waals surface area contributed by atoms with Gasteiger partial charge in [-0.25, -0.2) is 0 Å². The van der Waals surface area contributed by atoms with Crippen LogP contribution in [-0.4, -0.2) is 0 Å². The highest BCUT2D eigenvalue weighted by Gasteiger charge is 2.49. The van der Waals surface area contributed by atoms with Crippen molar-refractivity contribution in [3.8, 4) is 0 Å². The molecular weight excluding hydrogens is 108 g/mol. The van der Waals surface area contributed by atoms with Crippen LogP contribution in [0.2, 0.25) is 0 Å². The van der Waals surface area contributed by atoms with Crippen molar-refractivity contribution in [3.05, 3.63) is 35.4 Å². The Kier molecular flexibility index (Phi) is 0.484. The smallest absolute Gasteiger partial charge is 0.00839 e. The Morgan fingerprint density at radius 1 is 1.00 bits per heavy atom. The summed E-state index contributed by atoms with van der Waals surface area (Å²) in [6.45, 7) is 0. The van der Waals surface area contributed by atoms with Crippen LogP contribution < -0.4 is 0 Å². The lowest BCUT2D eigenvalue weighted by Crippen LogP contribution is -1.99. The Labute approximate surface area is 54.5 Å². The topological polar surface area (TPSA) is 0 Å². The van der Waals surface area contributed by atoms with E-state index in [0.29, 0.717) is 0 Å². The van der Waals surface area contributed by atoms with Gasteiger partial charge in [0.15, 0.2) is 0 Å². The lowest BCUT2D eigenvalue weighted by Gasteiger charge is -2.15. The predicted molar refractivity (Wildman–Crippen MR) is 36.5 cm³/mol. The van der Waals surface area contributed by atoms with Gasteiger partial charge in [-0.2, -0.15) is 0 Å². The fraction of sp³-hybridized carbons (Fsp3) is 0.333. The minimum absolute atomic E-state index is 0.987. The molecule has 0 saturated heterocycles. The molecule has 0 N–H and O–H groups in total. The lowest BCUT2D eigenvalue weighted by atomic mass is 9.89. The van der Waals surface area contributed by atoms with E-state index in [1.807, 2.05) is 0 Å². The summed E-state index contributed by atoms with van der Waals surface area (Å²) >= 11 is 0. The molecule has 0 heterocycles. The Bertz CT molecular complexity index is 235. The van der Waals surface area contributed by atoms with Gasteiger partial charge in [0.25, 0.3) is 0 Å². The van der Waals surface area contributed by atoms with Crippen LogP contribution in [0, 0.1) is 0 Å². The van der Waals surface area contributed by atoms with Gasteiger partial charge in [0.1, 0.15) is 0 Å². The minimum Gasteiger partial charge on any atom is -0.0620 e. The maximum absolute atomic E-state index is 2.27. The van der Waals surface area contributed by atoms with E-state index in [1.165, 1.54) is 6.42 Å². The fourth-order valence-electron chi connectivity index (χ4n) is 1.97. The van der Waals surface area contributed by atoms with Crippen molar-refractivity contribution in [2.75, 3.05) is 0 Å². The van der Waals surface area contributed by atoms with E-state index in [2.05, 4.69) is 24.3 Å². The summed E-state index contributed by atoms with van der Waals surface area (Å²) in [6, 6.07) is 8.83. The first kappa shape index (κ1) is 4.10. The van der Waals surface area contributed by atoms with Crippen LogP contribution in [0.25, 0.3) is 0 Å². The van der Waals surface area contributed by atoms with Gasteiger partial charge in [0, 0.05) is 0 Å². The van der Waals surface area contributed by atoms with Crippen LogP contribution in [0.1, 0.15) is 29.4 Å². The number of fused-ring (bicyclic) bond motifs is 4. The Morgan fingerprint density at radius 2 is 1.56 bits per heavy atom. The second-order valence-electron chi connectivity index (χ2n) is 3.08. The SMILES string of the molecule is c1ccc2c(c1)C1CC21. The molecule has 0 heteroatoms. The van der Waals surface area contributed by atoms with Crippen molar-refractivity contribution in [1.29, 1.82) is 0 Å². The minimum atomic E-state index is 0.987. The molecule has 1 aromatic carbocycles. The van der Waals surface area contributed by atoms with Crippen LogP contribution in [0.5, 0.6) is 0 Å². The van der Waals surface area contributed by atoms with Crippen LogP contribution >= 0.6 is 0 Å². The molecule has 0 bridgehead atoms. The molecule has 2 unspecified atom stereocenters. The van der Waals surface area contributed by atoms with E-state index in [-0.39, 0.29) is 0 Å². The molecule has 9 heavy (non-hydrogen) atoms. The highest BCUT2D eigenvalue weighted by atomic mass is 14.5. The summed E-state index contributed by atoms with van der Waals surface area (Å²) in [5, 5.41) is 0. The van der Waals surface area contributed by atoms with Crippen LogP contribution in [0.15, 0.2) is 24.3 Å². The lowest BCUT2D eigenvalue weighted by molar-refractivity contribution is 0.901. The zero-order valence-electron chi connectivity index (χ0n) is 5.17. The van der Waals surface area contributed by atoms with Crippen molar-refractivity contribution in [1.82, 2.24) is 0 Å². The summed E-state index contributed by atoms with van der Waals surface area (Å²) in [5.74, 6) is 1.97. The van der Waals surface area contributed by atoms with Gasteiger partial charge >= 0.3 is 0 Å². The number of benzene rings is 1. The van der Waals surface area contributed by atoms with E-state index in [9.17, 15) is 0 Å².